The number of furan rings is 1. The Morgan fingerprint density at radius 2 is 1.90 bits per heavy atom. The zero-order valence-corrected chi connectivity index (χ0v) is 12.9. The van der Waals surface area contributed by atoms with Crippen LogP contribution in [0.4, 0.5) is 14.5 Å². The van der Waals surface area contributed by atoms with Crippen molar-refractivity contribution in [2.75, 3.05) is 5.32 Å². The molecule has 0 amide bonds. The van der Waals surface area contributed by atoms with E-state index in [2.05, 4.69) is 21.2 Å². The molecule has 0 aliphatic heterocycles. The fourth-order valence-electron chi connectivity index (χ4n) is 2.08. The average molecular weight is 373 g/mol. The topological polar surface area (TPSA) is 25.2 Å². The summed E-state index contributed by atoms with van der Waals surface area (Å²) in [5.74, 6) is -1.32. The Balaban J connectivity index is 1.90. The second-order valence-corrected chi connectivity index (χ2v) is 5.65. The molecular formula is C15H9BrClF2NO. The lowest BCUT2D eigenvalue weighted by Gasteiger charge is -2.08. The van der Waals surface area contributed by atoms with Crippen molar-refractivity contribution in [2.24, 2.45) is 0 Å². The molecule has 0 aliphatic rings. The lowest BCUT2D eigenvalue weighted by atomic mass is 10.1. The maximum atomic E-state index is 13.7. The van der Waals surface area contributed by atoms with Crippen LogP contribution in [0.25, 0.3) is 11.0 Å². The summed E-state index contributed by atoms with van der Waals surface area (Å²) < 4.78 is 32.5. The van der Waals surface area contributed by atoms with Crippen molar-refractivity contribution in [3.63, 3.8) is 0 Å². The van der Waals surface area contributed by atoms with E-state index in [4.69, 9.17) is 16.0 Å². The number of benzene rings is 2. The molecule has 3 rings (SSSR count). The molecular weight excluding hydrogens is 364 g/mol. The van der Waals surface area contributed by atoms with E-state index < -0.39 is 11.6 Å². The summed E-state index contributed by atoms with van der Waals surface area (Å²) in [5, 5.41) is 4.01. The number of rotatable bonds is 3. The van der Waals surface area contributed by atoms with E-state index in [0.717, 1.165) is 17.0 Å². The summed E-state index contributed by atoms with van der Waals surface area (Å²) in [6.45, 7) is 0.269. The van der Waals surface area contributed by atoms with Crippen molar-refractivity contribution in [3.05, 3.63) is 63.3 Å². The van der Waals surface area contributed by atoms with Gasteiger partial charge < -0.3 is 9.73 Å². The van der Waals surface area contributed by atoms with Gasteiger partial charge in [-0.05, 0) is 39.7 Å². The van der Waals surface area contributed by atoms with E-state index in [0.29, 0.717) is 5.58 Å². The summed E-state index contributed by atoms with van der Waals surface area (Å²) >= 11 is 9.09. The number of anilines is 1. The lowest BCUT2D eigenvalue weighted by Crippen LogP contribution is -2.02. The van der Waals surface area contributed by atoms with Crippen LogP contribution < -0.4 is 5.32 Å². The van der Waals surface area contributed by atoms with Crippen molar-refractivity contribution in [1.82, 2.24) is 0 Å². The van der Waals surface area contributed by atoms with Gasteiger partial charge in [0.15, 0.2) is 5.22 Å². The van der Waals surface area contributed by atoms with Crippen LogP contribution in [0, 0.1) is 11.6 Å². The Morgan fingerprint density at radius 3 is 2.71 bits per heavy atom. The number of hydrogen-bond donors (Lipinski definition) is 1. The Kier molecular flexibility index (Phi) is 3.87. The maximum absolute atomic E-state index is 13.7. The van der Waals surface area contributed by atoms with Crippen LogP contribution in [0.5, 0.6) is 0 Å². The van der Waals surface area contributed by atoms with Gasteiger partial charge in [-0.25, -0.2) is 8.78 Å². The first-order chi connectivity index (χ1) is 10.1. The molecule has 108 valence electrons. The Bertz CT molecular complexity index is 819. The van der Waals surface area contributed by atoms with Crippen molar-refractivity contribution in [2.45, 2.75) is 6.54 Å². The smallest absolute Gasteiger partial charge is 0.199 e. The zero-order chi connectivity index (χ0) is 15.0. The van der Waals surface area contributed by atoms with Gasteiger partial charge in [0.25, 0.3) is 0 Å². The quantitative estimate of drug-likeness (QED) is 0.593. The predicted molar refractivity (Wildman–Crippen MR) is 82.6 cm³/mol. The molecule has 1 aromatic heterocycles. The normalized spacial score (nSPS) is 11.0. The summed E-state index contributed by atoms with van der Waals surface area (Å²) in [6, 6.07) is 9.56. The Morgan fingerprint density at radius 1 is 1.14 bits per heavy atom. The van der Waals surface area contributed by atoms with Gasteiger partial charge in [-0.1, -0.05) is 18.2 Å². The van der Waals surface area contributed by atoms with Crippen LogP contribution in [-0.2, 0) is 6.54 Å². The minimum absolute atomic E-state index is 0.185. The number of halogens is 4. The van der Waals surface area contributed by atoms with Crippen LogP contribution in [0.1, 0.15) is 5.56 Å². The molecule has 0 unspecified atom stereocenters. The summed E-state index contributed by atoms with van der Waals surface area (Å²) in [6.07, 6.45) is 0. The summed E-state index contributed by atoms with van der Waals surface area (Å²) in [4.78, 5) is 0. The highest BCUT2D eigenvalue weighted by atomic mass is 79.9. The molecule has 21 heavy (non-hydrogen) atoms. The third-order valence-corrected chi connectivity index (χ3v) is 4.03. The minimum atomic E-state index is -0.667. The highest BCUT2D eigenvalue weighted by Gasteiger charge is 2.13. The maximum Gasteiger partial charge on any atom is 0.199 e. The van der Waals surface area contributed by atoms with Gasteiger partial charge in [0, 0.05) is 23.6 Å². The monoisotopic (exact) mass is 371 g/mol. The fraction of sp³-hybridized carbons (Fsp3) is 0.0667. The molecule has 1 N–H and O–H groups in total. The van der Waals surface area contributed by atoms with Gasteiger partial charge in [0.05, 0.1) is 10.2 Å². The van der Waals surface area contributed by atoms with Crippen LogP contribution >= 0.6 is 27.5 Å². The molecule has 6 heteroatoms. The fourth-order valence-corrected chi connectivity index (χ4v) is 2.67. The van der Waals surface area contributed by atoms with Gasteiger partial charge in [-0.3, -0.25) is 0 Å². The number of fused-ring (bicyclic) bond motifs is 1. The van der Waals surface area contributed by atoms with E-state index in [1.807, 2.05) is 18.2 Å². The molecule has 0 aliphatic carbocycles. The van der Waals surface area contributed by atoms with Gasteiger partial charge in [-0.2, -0.15) is 0 Å². The first-order valence-corrected chi connectivity index (χ1v) is 7.27. The molecule has 0 saturated heterocycles. The second kappa shape index (κ2) is 5.66. The zero-order valence-electron chi connectivity index (χ0n) is 10.6. The number of nitrogens with one attached hydrogen (secondary N) is 1. The van der Waals surface area contributed by atoms with Crippen LogP contribution in [0.3, 0.4) is 0 Å². The Labute approximate surface area is 132 Å². The minimum Gasteiger partial charge on any atom is -0.444 e. The molecule has 3 aromatic rings. The first kappa shape index (κ1) is 14.4. The van der Waals surface area contributed by atoms with Crippen molar-refractivity contribution >= 4 is 44.2 Å². The lowest BCUT2D eigenvalue weighted by molar-refractivity contribution is 0.580. The molecule has 2 nitrogen and oxygen atoms in total. The van der Waals surface area contributed by atoms with E-state index in [9.17, 15) is 8.78 Å². The van der Waals surface area contributed by atoms with Gasteiger partial charge in [0.1, 0.15) is 17.2 Å². The van der Waals surface area contributed by atoms with E-state index in [-0.39, 0.29) is 21.9 Å². The van der Waals surface area contributed by atoms with Crippen molar-refractivity contribution in [3.8, 4) is 0 Å². The highest BCUT2D eigenvalue weighted by Crippen LogP contribution is 2.31. The first-order valence-electron chi connectivity index (χ1n) is 6.10. The van der Waals surface area contributed by atoms with Gasteiger partial charge in [-0.15, -0.1) is 0 Å². The third kappa shape index (κ3) is 2.76. The van der Waals surface area contributed by atoms with Gasteiger partial charge >= 0.3 is 0 Å². The molecule has 0 saturated carbocycles. The molecule has 1 heterocycles. The largest absolute Gasteiger partial charge is 0.444 e. The number of hydrogen-bond acceptors (Lipinski definition) is 2. The number of para-hydroxylation sites is 1. The van der Waals surface area contributed by atoms with Crippen LogP contribution in [0.15, 0.2) is 45.3 Å². The SMILES string of the molecule is Fc1cc(F)c(NCc2c(Cl)oc3ccccc23)cc1Br. The predicted octanol–water partition coefficient (Wildman–Crippen LogP) is 5.74. The molecule has 2 aromatic carbocycles. The van der Waals surface area contributed by atoms with E-state index >= 15 is 0 Å². The summed E-state index contributed by atoms with van der Waals surface area (Å²) in [7, 11) is 0. The third-order valence-electron chi connectivity index (χ3n) is 3.11. The molecule has 0 bridgehead atoms. The summed E-state index contributed by atoms with van der Waals surface area (Å²) in [5.41, 5.74) is 1.58. The Hall–Kier alpha value is -1.59. The van der Waals surface area contributed by atoms with Crippen molar-refractivity contribution in [1.29, 1.82) is 0 Å². The molecule has 0 fully saturated rings. The molecule has 0 radical (unpaired) electrons. The molecule has 0 spiro atoms. The standard InChI is InChI=1S/C15H9BrClF2NO/c16-10-5-13(12(19)6-11(10)18)20-7-9-8-3-1-2-4-14(8)21-15(9)17/h1-6,20H,7H2. The highest BCUT2D eigenvalue weighted by molar-refractivity contribution is 9.10. The van der Waals surface area contributed by atoms with Crippen LogP contribution in [-0.4, -0.2) is 0 Å². The van der Waals surface area contributed by atoms with E-state index in [1.54, 1.807) is 6.07 Å². The van der Waals surface area contributed by atoms with E-state index in [1.165, 1.54) is 6.07 Å². The van der Waals surface area contributed by atoms with Gasteiger partial charge in [0.2, 0.25) is 0 Å². The average Bonchev–Trinajstić information content (AvgIpc) is 2.77. The molecule has 0 atom stereocenters. The van der Waals surface area contributed by atoms with Crippen LogP contribution in [0.2, 0.25) is 5.22 Å². The second-order valence-electron chi connectivity index (χ2n) is 4.45. The van der Waals surface area contributed by atoms with Crippen molar-refractivity contribution < 1.29 is 13.2 Å².